The molecule has 0 heterocycles. The summed E-state index contributed by atoms with van der Waals surface area (Å²) in [6.07, 6.45) is 0.0210. The fourth-order valence-corrected chi connectivity index (χ4v) is 2.07. The van der Waals surface area contributed by atoms with E-state index in [0.29, 0.717) is 11.0 Å². The van der Waals surface area contributed by atoms with Gasteiger partial charge in [-0.25, -0.2) is 8.78 Å². The minimum atomic E-state index is -0.569. The van der Waals surface area contributed by atoms with Crippen molar-refractivity contribution in [1.29, 1.82) is 0 Å². The van der Waals surface area contributed by atoms with Gasteiger partial charge in [-0.15, -0.1) is 0 Å². The average molecular weight is 322 g/mol. The molecule has 0 saturated carbocycles. The number of halogens is 3. The lowest BCUT2D eigenvalue weighted by atomic mass is 10.1. The molecule has 1 unspecified atom stereocenters. The quantitative estimate of drug-likeness (QED) is 0.860. The van der Waals surface area contributed by atoms with E-state index in [1.165, 1.54) is 12.1 Å². The normalized spacial score (nSPS) is 13.1. The van der Waals surface area contributed by atoms with Crippen LogP contribution in [0.3, 0.4) is 0 Å². The molecule has 1 N–H and O–H groups in total. The minimum Gasteiger partial charge on any atom is -0.377 e. The van der Waals surface area contributed by atoms with Gasteiger partial charge in [-0.2, -0.15) is 0 Å². The summed E-state index contributed by atoms with van der Waals surface area (Å²) in [5, 5.41) is 3.04. The van der Waals surface area contributed by atoms with Crippen molar-refractivity contribution < 1.29 is 13.5 Å². The van der Waals surface area contributed by atoms with E-state index in [4.69, 9.17) is 4.74 Å². The first-order valence-corrected chi connectivity index (χ1v) is 6.74. The van der Waals surface area contributed by atoms with Crippen molar-refractivity contribution in [2.75, 3.05) is 13.2 Å². The highest BCUT2D eigenvalue weighted by Gasteiger charge is 2.20. The molecule has 0 radical (unpaired) electrons. The van der Waals surface area contributed by atoms with Crippen LogP contribution in [0.1, 0.15) is 32.4 Å². The Labute approximate surface area is 115 Å². The van der Waals surface area contributed by atoms with Crippen molar-refractivity contribution in [3.8, 4) is 0 Å². The molecule has 1 aromatic rings. The Kier molecular flexibility index (Phi) is 6.18. The van der Waals surface area contributed by atoms with E-state index in [1.54, 1.807) is 0 Å². The lowest BCUT2D eigenvalue weighted by Gasteiger charge is -2.21. The molecular weight excluding hydrogens is 304 g/mol. The van der Waals surface area contributed by atoms with Crippen molar-refractivity contribution in [2.24, 2.45) is 0 Å². The van der Waals surface area contributed by atoms with E-state index in [-0.39, 0.29) is 18.3 Å². The molecule has 0 aliphatic rings. The Balaban J connectivity index is 2.97. The summed E-state index contributed by atoms with van der Waals surface area (Å²) in [7, 11) is 0. The minimum absolute atomic E-state index is 0.0210. The fraction of sp³-hybridized carbons (Fsp3) is 0.538. The monoisotopic (exact) mass is 321 g/mol. The molecule has 0 aromatic heterocycles. The number of likely N-dealkylation sites (N-methyl/N-ethyl adjacent to an activating group) is 1. The smallest absolute Gasteiger partial charge is 0.132 e. The molecule has 0 aliphatic carbocycles. The maximum atomic E-state index is 13.8. The summed E-state index contributed by atoms with van der Waals surface area (Å²) in [6.45, 7) is 6.51. The molecule has 0 fully saturated rings. The topological polar surface area (TPSA) is 21.3 Å². The van der Waals surface area contributed by atoms with E-state index < -0.39 is 17.7 Å². The lowest BCUT2D eigenvalue weighted by molar-refractivity contribution is 0.0599. The third kappa shape index (κ3) is 4.30. The van der Waals surface area contributed by atoms with Crippen molar-refractivity contribution in [3.63, 3.8) is 0 Å². The van der Waals surface area contributed by atoms with Gasteiger partial charge in [0.25, 0.3) is 0 Å². The first kappa shape index (κ1) is 15.5. The van der Waals surface area contributed by atoms with Crippen LogP contribution in [0.15, 0.2) is 16.6 Å². The van der Waals surface area contributed by atoms with Crippen LogP contribution >= 0.6 is 15.9 Å². The van der Waals surface area contributed by atoms with E-state index in [1.807, 2.05) is 20.8 Å². The van der Waals surface area contributed by atoms with Gasteiger partial charge in [0.15, 0.2) is 0 Å². The average Bonchev–Trinajstić information content (AvgIpc) is 2.24. The molecule has 18 heavy (non-hydrogen) atoms. The number of hydrogen-bond donors (Lipinski definition) is 1. The molecule has 0 spiro atoms. The van der Waals surface area contributed by atoms with Gasteiger partial charge in [0.1, 0.15) is 11.6 Å². The molecular formula is C13H18BrF2NO. The Morgan fingerprint density at radius 3 is 2.28 bits per heavy atom. The van der Waals surface area contributed by atoms with Crippen molar-refractivity contribution in [2.45, 2.75) is 32.9 Å². The Morgan fingerprint density at radius 2 is 1.83 bits per heavy atom. The molecule has 1 atom stereocenters. The zero-order valence-corrected chi connectivity index (χ0v) is 12.4. The van der Waals surface area contributed by atoms with Crippen molar-refractivity contribution in [3.05, 3.63) is 33.8 Å². The standard InChI is InChI=1S/C13H18BrF2NO/c1-4-17-12(7-18-8(2)3)13-10(15)5-9(14)6-11(13)16/h5-6,8,12,17H,4,7H2,1-3H3. The van der Waals surface area contributed by atoms with Gasteiger partial charge in [0, 0.05) is 10.0 Å². The second kappa shape index (κ2) is 7.16. The first-order valence-electron chi connectivity index (χ1n) is 5.95. The predicted octanol–water partition coefficient (Wildman–Crippen LogP) is 3.80. The van der Waals surface area contributed by atoms with Gasteiger partial charge in [0.2, 0.25) is 0 Å². The van der Waals surface area contributed by atoms with Crippen LogP contribution in [-0.2, 0) is 4.74 Å². The summed E-state index contributed by atoms with van der Waals surface area (Å²) >= 11 is 3.07. The summed E-state index contributed by atoms with van der Waals surface area (Å²) < 4.78 is 33.5. The second-order valence-electron chi connectivity index (χ2n) is 4.28. The second-order valence-corrected chi connectivity index (χ2v) is 5.19. The van der Waals surface area contributed by atoms with Gasteiger partial charge in [-0.05, 0) is 32.5 Å². The molecule has 0 bridgehead atoms. The number of benzene rings is 1. The van der Waals surface area contributed by atoms with E-state index >= 15 is 0 Å². The third-order valence-electron chi connectivity index (χ3n) is 2.44. The Hall–Kier alpha value is -0.520. The fourth-order valence-electron chi connectivity index (χ4n) is 1.67. The number of nitrogens with one attached hydrogen (secondary N) is 1. The number of hydrogen-bond acceptors (Lipinski definition) is 2. The van der Waals surface area contributed by atoms with Crippen LogP contribution < -0.4 is 5.32 Å². The number of ether oxygens (including phenoxy) is 1. The zero-order chi connectivity index (χ0) is 13.7. The Bertz CT molecular complexity index is 376. The molecule has 5 heteroatoms. The largest absolute Gasteiger partial charge is 0.377 e. The number of rotatable bonds is 6. The highest BCUT2D eigenvalue weighted by atomic mass is 79.9. The highest BCUT2D eigenvalue weighted by molar-refractivity contribution is 9.10. The van der Waals surface area contributed by atoms with Crippen LogP contribution in [0.2, 0.25) is 0 Å². The van der Waals surface area contributed by atoms with E-state index in [2.05, 4.69) is 21.2 Å². The molecule has 2 nitrogen and oxygen atoms in total. The molecule has 102 valence electrons. The van der Waals surface area contributed by atoms with Crippen LogP contribution in [0.25, 0.3) is 0 Å². The van der Waals surface area contributed by atoms with Crippen LogP contribution in [0.5, 0.6) is 0 Å². The summed E-state index contributed by atoms with van der Waals surface area (Å²) in [5.41, 5.74) is 0.0284. The van der Waals surface area contributed by atoms with Gasteiger partial charge >= 0.3 is 0 Å². The van der Waals surface area contributed by atoms with Gasteiger partial charge in [-0.1, -0.05) is 22.9 Å². The van der Waals surface area contributed by atoms with E-state index in [0.717, 1.165) is 0 Å². The van der Waals surface area contributed by atoms with Crippen LogP contribution in [-0.4, -0.2) is 19.3 Å². The maximum absolute atomic E-state index is 13.8. The Morgan fingerprint density at radius 1 is 1.28 bits per heavy atom. The lowest BCUT2D eigenvalue weighted by Crippen LogP contribution is -2.28. The van der Waals surface area contributed by atoms with Crippen LogP contribution in [0.4, 0.5) is 8.78 Å². The van der Waals surface area contributed by atoms with Gasteiger partial charge in [-0.3, -0.25) is 0 Å². The SMILES string of the molecule is CCNC(COC(C)C)c1c(F)cc(Br)cc1F. The first-order chi connectivity index (χ1) is 8.45. The highest BCUT2D eigenvalue weighted by Crippen LogP contribution is 2.25. The van der Waals surface area contributed by atoms with Gasteiger partial charge in [0.05, 0.1) is 18.8 Å². The summed E-state index contributed by atoms with van der Waals surface area (Å²) in [6, 6.07) is 2.04. The summed E-state index contributed by atoms with van der Waals surface area (Å²) in [5.74, 6) is -1.14. The van der Waals surface area contributed by atoms with Crippen molar-refractivity contribution in [1.82, 2.24) is 5.32 Å². The third-order valence-corrected chi connectivity index (χ3v) is 2.90. The van der Waals surface area contributed by atoms with Crippen molar-refractivity contribution >= 4 is 15.9 Å². The molecule has 0 saturated heterocycles. The molecule has 1 aromatic carbocycles. The molecule has 0 aliphatic heterocycles. The summed E-state index contributed by atoms with van der Waals surface area (Å²) in [4.78, 5) is 0. The predicted molar refractivity (Wildman–Crippen MR) is 71.6 cm³/mol. The van der Waals surface area contributed by atoms with Gasteiger partial charge < -0.3 is 10.1 Å². The zero-order valence-electron chi connectivity index (χ0n) is 10.8. The molecule has 1 rings (SSSR count). The van der Waals surface area contributed by atoms with Crippen LogP contribution in [0, 0.1) is 11.6 Å². The maximum Gasteiger partial charge on any atom is 0.132 e. The molecule has 0 amide bonds. The van der Waals surface area contributed by atoms with E-state index in [9.17, 15) is 8.78 Å².